The zero-order valence-electron chi connectivity index (χ0n) is 10.2. The predicted octanol–water partition coefficient (Wildman–Crippen LogP) is 0.625. The lowest BCUT2D eigenvalue weighted by Crippen LogP contribution is -2.51. The molecule has 4 heteroatoms. The van der Waals surface area contributed by atoms with E-state index in [1.165, 1.54) is 0 Å². The largest absolute Gasteiger partial charge is 0.316 e. The van der Waals surface area contributed by atoms with Crippen molar-refractivity contribution in [2.45, 2.75) is 33.2 Å². The Hall–Kier alpha value is -0.900. The van der Waals surface area contributed by atoms with Crippen LogP contribution in [0.1, 0.15) is 27.2 Å². The third kappa shape index (κ3) is 1.65. The lowest BCUT2D eigenvalue weighted by Gasteiger charge is -2.35. The van der Waals surface area contributed by atoms with E-state index >= 15 is 0 Å². The Morgan fingerprint density at radius 3 is 2.19 bits per heavy atom. The molecule has 0 radical (unpaired) electrons. The number of nitrogens with one attached hydrogen (secondary N) is 1. The van der Waals surface area contributed by atoms with Crippen molar-refractivity contribution in [3.63, 3.8) is 0 Å². The molecular formula is C12H20N2O2. The monoisotopic (exact) mass is 224 g/mol. The fourth-order valence-corrected chi connectivity index (χ4v) is 2.69. The van der Waals surface area contributed by atoms with E-state index in [1.54, 1.807) is 4.90 Å². The minimum absolute atomic E-state index is 0.0243. The Morgan fingerprint density at radius 2 is 1.69 bits per heavy atom. The quantitative estimate of drug-likeness (QED) is 0.664. The van der Waals surface area contributed by atoms with E-state index < -0.39 is 0 Å². The topological polar surface area (TPSA) is 49.4 Å². The van der Waals surface area contributed by atoms with Gasteiger partial charge < -0.3 is 5.32 Å². The first-order valence-corrected chi connectivity index (χ1v) is 6.11. The number of hydrogen-bond acceptors (Lipinski definition) is 3. The molecule has 0 aromatic rings. The minimum atomic E-state index is -0.144. The standard InChI is InChI=1S/C12H20N2O2/c1-7-6-13-5-4-10(7)14-11(15)8(2)9(3)12(14)16/h7-10,13H,4-6H2,1-3H3. The van der Waals surface area contributed by atoms with Crippen molar-refractivity contribution in [2.24, 2.45) is 17.8 Å². The van der Waals surface area contributed by atoms with E-state index in [2.05, 4.69) is 12.2 Å². The summed E-state index contributed by atoms with van der Waals surface area (Å²) in [5.74, 6) is 0.121. The van der Waals surface area contributed by atoms with Crippen molar-refractivity contribution in [2.75, 3.05) is 13.1 Å². The van der Waals surface area contributed by atoms with Crippen molar-refractivity contribution in [3.05, 3.63) is 0 Å². The number of carbonyl (C=O) groups is 2. The van der Waals surface area contributed by atoms with Crippen LogP contribution in [-0.2, 0) is 9.59 Å². The molecule has 90 valence electrons. The molecule has 2 rings (SSSR count). The lowest BCUT2D eigenvalue weighted by molar-refractivity contribution is -0.144. The summed E-state index contributed by atoms with van der Waals surface area (Å²) in [6.07, 6.45) is 0.887. The molecule has 2 fully saturated rings. The summed E-state index contributed by atoms with van der Waals surface area (Å²) < 4.78 is 0. The van der Waals surface area contributed by atoms with Crippen LogP contribution in [-0.4, -0.2) is 35.8 Å². The number of likely N-dealkylation sites (tertiary alicyclic amines) is 1. The highest BCUT2D eigenvalue weighted by Crippen LogP contribution is 2.31. The second-order valence-electron chi connectivity index (χ2n) is 5.16. The van der Waals surface area contributed by atoms with Gasteiger partial charge in [-0.25, -0.2) is 0 Å². The summed E-state index contributed by atoms with van der Waals surface area (Å²) in [6, 6.07) is 0.105. The number of rotatable bonds is 1. The molecule has 2 aliphatic heterocycles. The van der Waals surface area contributed by atoms with Crippen LogP contribution in [0.3, 0.4) is 0 Å². The molecule has 4 nitrogen and oxygen atoms in total. The third-order valence-corrected chi connectivity index (χ3v) is 4.08. The molecule has 2 aliphatic rings. The second kappa shape index (κ2) is 4.17. The molecule has 0 aromatic carbocycles. The van der Waals surface area contributed by atoms with E-state index in [1.807, 2.05) is 13.8 Å². The molecule has 0 bridgehead atoms. The molecule has 2 amide bonds. The van der Waals surface area contributed by atoms with Gasteiger partial charge >= 0.3 is 0 Å². The Labute approximate surface area is 96.4 Å². The third-order valence-electron chi connectivity index (χ3n) is 4.08. The van der Waals surface area contributed by atoms with Crippen molar-refractivity contribution in [3.8, 4) is 0 Å². The van der Waals surface area contributed by atoms with Crippen molar-refractivity contribution in [1.82, 2.24) is 10.2 Å². The Kier molecular flexibility index (Phi) is 3.02. The van der Waals surface area contributed by atoms with Gasteiger partial charge in [-0.1, -0.05) is 20.8 Å². The van der Waals surface area contributed by atoms with E-state index in [-0.39, 0.29) is 29.7 Å². The molecule has 4 atom stereocenters. The van der Waals surface area contributed by atoms with E-state index in [9.17, 15) is 9.59 Å². The number of nitrogens with zero attached hydrogens (tertiary/aromatic N) is 1. The van der Waals surface area contributed by atoms with Crippen molar-refractivity contribution in [1.29, 1.82) is 0 Å². The fraction of sp³-hybridized carbons (Fsp3) is 0.833. The Morgan fingerprint density at radius 1 is 1.12 bits per heavy atom. The van der Waals surface area contributed by atoms with E-state index in [0.717, 1.165) is 19.5 Å². The van der Waals surface area contributed by atoms with Gasteiger partial charge in [-0.3, -0.25) is 14.5 Å². The Bertz CT molecular complexity index is 296. The highest BCUT2D eigenvalue weighted by molar-refractivity contribution is 6.05. The second-order valence-corrected chi connectivity index (χ2v) is 5.16. The zero-order chi connectivity index (χ0) is 11.9. The molecule has 4 unspecified atom stereocenters. The summed E-state index contributed by atoms with van der Waals surface area (Å²) >= 11 is 0. The normalized spacial score (nSPS) is 40.6. The number of carbonyl (C=O) groups excluding carboxylic acids is 2. The lowest BCUT2D eigenvalue weighted by atomic mass is 9.94. The molecule has 2 heterocycles. The SMILES string of the molecule is CC1CNCCC1N1C(=O)C(C)C(C)C1=O. The zero-order valence-corrected chi connectivity index (χ0v) is 10.2. The fourth-order valence-electron chi connectivity index (χ4n) is 2.69. The first kappa shape index (κ1) is 11.6. The Balaban J connectivity index is 2.20. The number of amides is 2. The molecule has 0 aromatic heterocycles. The first-order valence-electron chi connectivity index (χ1n) is 6.11. The van der Waals surface area contributed by atoms with E-state index in [0.29, 0.717) is 5.92 Å². The summed E-state index contributed by atoms with van der Waals surface area (Å²) in [5, 5.41) is 3.29. The maximum atomic E-state index is 12.1. The molecule has 16 heavy (non-hydrogen) atoms. The van der Waals surface area contributed by atoms with Gasteiger partial charge in [-0.05, 0) is 25.4 Å². The van der Waals surface area contributed by atoms with Gasteiger partial charge in [-0.15, -0.1) is 0 Å². The summed E-state index contributed by atoms with van der Waals surface area (Å²) in [4.78, 5) is 25.7. The maximum Gasteiger partial charge on any atom is 0.233 e. The summed E-state index contributed by atoms with van der Waals surface area (Å²) in [6.45, 7) is 7.61. The maximum absolute atomic E-state index is 12.1. The molecule has 0 aliphatic carbocycles. The van der Waals surface area contributed by atoms with Gasteiger partial charge in [0.2, 0.25) is 11.8 Å². The van der Waals surface area contributed by atoms with Crippen LogP contribution >= 0.6 is 0 Å². The number of piperidine rings is 1. The van der Waals surface area contributed by atoms with E-state index in [4.69, 9.17) is 0 Å². The number of hydrogen-bond donors (Lipinski definition) is 1. The van der Waals surface area contributed by atoms with Crippen molar-refractivity contribution < 1.29 is 9.59 Å². The summed E-state index contributed by atoms with van der Waals surface area (Å²) in [5.41, 5.74) is 0. The van der Waals surface area contributed by atoms with Crippen molar-refractivity contribution >= 4 is 11.8 Å². The van der Waals surface area contributed by atoms with Crippen LogP contribution in [0.25, 0.3) is 0 Å². The van der Waals surface area contributed by atoms with Gasteiger partial charge in [0.05, 0.1) is 0 Å². The highest BCUT2D eigenvalue weighted by atomic mass is 16.2. The van der Waals surface area contributed by atoms with Crippen LogP contribution in [0, 0.1) is 17.8 Å². The average molecular weight is 224 g/mol. The van der Waals surface area contributed by atoms with Gasteiger partial charge in [-0.2, -0.15) is 0 Å². The highest BCUT2D eigenvalue weighted by Gasteiger charge is 2.46. The minimum Gasteiger partial charge on any atom is -0.316 e. The number of imide groups is 1. The molecule has 0 spiro atoms. The van der Waals surface area contributed by atoms with Gasteiger partial charge in [0, 0.05) is 17.9 Å². The molecule has 1 N–H and O–H groups in total. The molecular weight excluding hydrogens is 204 g/mol. The van der Waals surface area contributed by atoms with Crippen LogP contribution in [0.4, 0.5) is 0 Å². The van der Waals surface area contributed by atoms with Crippen LogP contribution in [0.15, 0.2) is 0 Å². The van der Waals surface area contributed by atoms with Crippen LogP contribution in [0.2, 0.25) is 0 Å². The van der Waals surface area contributed by atoms with Crippen LogP contribution in [0.5, 0.6) is 0 Å². The summed E-state index contributed by atoms with van der Waals surface area (Å²) in [7, 11) is 0. The van der Waals surface area contributed by atoms with Gasteiger partial charge in [0.15, 0.2) is 0 Å². The molecule has 2 saturated heterocycles. The predicted molar refractivity (Wildman–Crippen MR) is 60.6 cm³/mol. The van der Waals surface area contributed by atoms with Gasteiger partial charge in [0.25, 0.3) is 0 Å². The van der Waals surface area contributed by atoms with Gasteiger partial charge in [0.1, 0.15) is 0 Å². The molecule has 0 saturated carbocycles. The first-order chi connectivity index (χ1) is 7.54. The average Bonchev–Trinajstić information content (AvgIpc) is 2.45. The van der Waals surface area contributed by atoms with Crippen LogP contribution < -0.4 is 5.32 Å². The smallest absolute Gasteiger partial charge is 0.233 e.